The highest BCUT2D eigenvalue weighted by Gasteiger charge is 2.18. The first-order valence-electron chi connectivity index (χ1n) is 7.58. The Morgan fingerprint density at radius 3 is 2.50 bits per heavy atom. The normalized spacial score (nSPS) is 11.5. The van der Waals surface area contributed by atoms with Crippen LogP contribution in [0.1, 0.15) is 10.4 Å². The fraction of sp³-hybridized carbons (Fsp3) is 0.118. The molecule has 0 aliphatic carbocycles. The number of hydrogen-bond donors (Lipinski definition) is 1. The molecule has 2 heterocycles. The van der Waals surface area contributed by atoms with Crippen molar-refractivity contribution in [1.29, 1.82) is 0 Å². The van der Waals surface area contributed by atoms with Crippen LogP contribution >= 0.6 is 11.3 Å². The lowest BCUT2D eigenvalue weighted by atomic mass is 10.2. The first-order valence-corrected chi connectivity index (χ1v) is 9.90. The molecule has 0 fully saturated rings. The lowest BCUT2D eigenvalue weighted by molar-refractivity contribution is 0.102. The molecule has 134 valence electrons. The highest BCUT2D eigenvalue weighted by molar-refractivity contribution is 7.89. The summed E-state index contributed by atoms with van der Waals surface area (Å²) in [4.78, 5) is 20.9. The third-order valence-corrected chi connectivity index (χ3v) is 6.16. The average Bonchev–Trinajstić information content (AvgIpc) is 3.11. The van der Waals surface area contributed by atoms with E-state index in [4.69, 9.17) is 0 Å². The smallest absolute Gasteiger partial charge is 0.257 e. The van der Waals surface area contributed by atoms with Crippen LogP contribution in [0.3, 0.4) is 0 Å². The number of sulfonamides is 1. The Labute approximate surface area is 155 Å². The predicted octanol–water partition coefficient (Wildman–Crippen LogP) is 2.71. The van der Waals surface area contributed by atoms with E-state index >= 15 is 0 Å². The van der Waals surface area contributed by atoms with Gasteiger partial charge in [0.05, 0.1) is 10.6 Å². The number of pyridine rings is 1. The molecule has 1 N–H and O–H groups in total. The van der Waals surface area contributed by atoms with Crippen molar-refractivity contribution in [2.45, 2.75) is 4.90 Å². The van der Waals surface area contributed by atoms with Crippen molar-refractivity contribution in [3.05, 3.63) is 59.7 Å². The summed E-state index contributed by atoms with van der Waals surface area (Å²) in [5.41, 5.74) is 1.94. The zero-order valence-corrected chi connectivity index (χ0v) is 15.7. The van der Waals surface area contributed by atoms with Crippen LogP contribution in [0.2, 0.25) is 0 Å². The monoisotopic (exact) mass is 388 g/mol. The van der Waals surface area contributed by atoms with Crippen LogP contribution < -0.4 is 5.32 Å². The topological polar surface area (TPSA) is 92.3 Å². The molecular formula is C17H16N4O3S2. The van der Waals surface area contributed by atoms with E-state index in [0.29, 0.717) is 10.7 Å². The number of rotatable bonds is 5. The molecule has 26 heavy (non-hydrogen) atoms. The Balaban J connectivity index is 1.74. The van der Waals surface area contributed by atoms with Crippen molar-refractivity contribution >= 4 is 32.4 Å². The van der Waals surface area contributed by atoms with E-state index in [9.17, 15) is 13.2 Å². The Hall–Kier alpha value is -2.62. The number of hydrogen-bond acceptors (Lipinski definition) is 6. The molecule has 0 radical (unpaired) electrons. The van der Waals surface area contributed by atoms with Crippen LogP contribution in [-0.4, -0.2) is 42.7 Å². The quantitative estimate of drug-likeness (QED) is 0.725. The lowest BCUT2D eigenvalue weighted by Crippen LogP contribution is -2.22. The van der Waals surface area contributed by atoms with Gasteiger partial charge < -0.3 is 0 Å². The third kappa shape index (κ3) is 3.79. The van der Waals surface area contributed by atoms with Crippen molar-refractivity contribution < 1.29 is 13.2 Å². The van der Waals surface area contributed by atoms with Gasteiger partial charge in [0, 0.05) is 43.0 Å². The summed E-state index contributed by atoms with van der Waals surface area (Å²) in [6.07, 6.45) is 3.38. The van der Waals surface area contributed by atoms with Crippen LogP contribution in [0.15, 0.2) is 59.1 Å². The molecule has 1 amide bonds. The maximum Gasteiger partial charge on any atom is 0.257 e. The van der Waals surface area contributed by atoms with Gasteiger partial charge in [0.2, 0.25) is 10.0 Å². The van der Waals surface area contributed by atoms with Crippen LogP contribution in [0.5, 0.6) is 0 Å². The van der Waals surface area contributed by atoms with Crippen molar-refractivity contribution in [3.63, 3.8) is 0 Å². The number of nitrogens with one attached hydrogen (secondary N) is 1. The molecule has 9 heteroatoms. The molecule has 7 nitrogen and oxygen atoms in total. The minimum absolute atomic E-state index is 0.132. The molecule has 0 atom stereocenters. The second-order valence-electron chi connectivity index (χ2n) is 5.55. The summed E-state index contributed by atoms with van der Waals surface area (Å²) < 4.78 is 25.2. The standard InChI is InChI=1S/C17H16N4O3S2/c1-21(2)26(23,24)14-7-5-12(6-8-14)16(22)20-17-19-15(11-25-17)13-4-3-9-18-10-13/h3-11H,1-2H3,(H,19,20,22). The van der Waals surface area contributed by atoms with Crippen LogP contribution in [0.4, 0.5) is 5.13 Å². The summed E-state index contributed by atoms with van der Waals surface area (Å²) in [5.74, 6) is -0.356. The number of anilines is 1. The molecular weight excluding hydrogens is 372 g/mol. The number of aromatic nitrogens is 2. The second kappa shape index (κ2) is 7.32. The van der Waals surface area contributed by atoms with E-state index in [0.717, 1.165) is 15.6 Å². The second-order valence-corrected chi connectivity index (χ2v) is 8.56. The van der Waals surface area contributed by atoms with E-state index in [1.165, 1.54) is 49.7 Å². The summed E-state index contributed by atoms with van der Waals surface area (Å²) in [7, 11) is -0.607. The molecule has 0 aliphatic heterocycles. The summed E-state index contributed by atoms with van der Waals surface area (Å²) in [6.45, 7) is 0. The summed E-state index contributed by atoms with van der Waals surface area (Å²) in [6, 6.07) is 9.47. The first kappa shape index (κ1) is 18.2. The number of benzene rings is 1. The van der Waals surface area contributed by atoms with Crippen LogP contribution in [0, 0.1) is 0 Å². The molecule has 0 bridgehead atoms. The maximum atomic E-state index is 12.3. The van der Waals surface area contributed by atoms with Gasteiger partial charge in [-0.1, -0.05) is 0 Å². The maximum absolute atomic E-state index is 12.3. The predicted molar refractivity (Wildman–Crippen MR) is 101 cm³/mol. The summed E-state index contributed by atoms with van der Waals surface area (Å²) in [5, 5.41) is 5.01. The van der Waals surface area contributed by atoms with Gasteiger partial charge in [0.1, 0.15) is 0 Å². The summed E-state index contributed by atoms with van der Waals surface area (Å²) >= 11 is 1.31. The van der Waals surface area contributed by atoms with Crippen molar-refractivity contribution in [3.8, 4) is 11.3 Å². The lowest BCUT2D eigenvalue weighted by Gasteiger charge is -2.11. The van der Waals surface area contributed by atoms with Crippen LogP contribution in [-0.2, 0) is 10.0 Å². The highest BCUT2D eigenvalue weighted by atomic mass is 32.2. The molecule has 0 saturated heterocycles. The Kier molecular flexibility index (Phi) is 5.12. The third-order valence-electron chi connectivity index (χ3n) is 3.58. The van der Waals surface area contributed by atoms with Crippen molar-refractivity contribution in [2.75, 3.05) is 19.4 Å². The molecule has 0 saturated carbocycles. The SMILES string of the molecule is CN(C)S(=O)(=O)c1ccc(C(=O)Nc2nc(-c3cccnc3)cs2)cc1. The average molecular weight is 388 g/mol. The van der Waals surface area contributed by atoms with Crippen molar-refractivity contribution in [1.82, 2.24) is 14.3 Å². The molecule has 1 aromatic carbocycles. The van der Waals surface area contributed by atoms with Gasteiger partial charge >= 0.3 is 0 Å². The Morgan fingerprint density at radius 1 is 1.15 bits per heavy atom. The van der Waals surface area contributed by atoms with Gasteiger partial charge in [-0.3, -0.25) is 15.1 Å². The molecule has 3 rings (SSSR count). The molecule has 2 aromatic heterocycles. The van der Waals surface area contributed by atoms with E-state index in [-0.39, 0.29) is 10.8 Å². The number of nitrogens with zero attached hydrogens (tertiary/aromatic N) is 3. The van der Waals surface area contributed by atoms with Crippen molar-refractivity contribution in [2.24, 2.45) is 0 Å². The first-order chi connectivity index (χ1) is 12.4. The van der Waals surface area contributed by atoms with Crippen LogP contribution in [0.25, 0.3) is 11.3 Å². The molecule has 3 aromatic rings. The minimum Gasteiger partial charge on any atom is -0.298 e. The number of amides is 1. The minimum atomic E-state index is -3.52. The fourth-order valence-corrected chi connectivity index (χ4v) is 3.75. The fourth-order valence-electron chi connectivity index (χ4n) is 2.14. The van der Waals surface area contributed by atoms with Gasteiger partial charge in [-0.05, 0) is 36.4 Å². The number of carbonyl (C=O) groups excluding carboxylic acids is 1. The Bertz CT molecular complexity index is 1010. The van der Waals surface area contributed by atoms with E-state index < -0.39 is 10.0 Å². The van der Waals surface area contributed by atoms with Gasteiger partial charge in [0.25, 0.3) is 5.91 Å². The van der Waals surface area contributed by atoms with E-state index in [2.05, 4.69) is 15.3 Å². The zero-order valence-electron chi connectivity index (χ0n) is 14.1. The van der Waals surface area contributed by atoms with Gasteiger partial charge in [0.15, 0.2) is 5.13 Å². The zero-order chi connectivity index (χ0) is 18.7. The van der Waals surface area contributed by atoms with Gasteiger partial charge in [-0.25, -0.2) is 17.7 Å². The number of thiazole rings is 1. The highest BCUT2D eigenvalue weighted by Crippen LogP contribution is 2.24. The largest absolute Gasteiger partial charge is 0.298 e. The van der Waals surface area contributed by atoms with E-state index in [1.54, 1.807) is 12.4 Å². The molecule has 0 unspecified atom stereocenters. The Morgan fingerprint density at radius 2 is 1.88 bits per heavy atom. The van der Waals surface area contributed by atoms with Gasteiger partial charge in [-0.2, -0.15) is 0 Å². The number of carbonyl (C=O) groups is 1. The van der Waals surface area contributed by atoms with E-state index in [1.807, 2.05) is 17.5 Å². The molecule has 0 spiro atoms. The molecule has 0 aliphatic rings. The van der Waals surface area contributed by atoms with Gasteiger partial charge in [-0.15, -0.1) is 11.3 Å².